The van der Waals surface area contributed by atoms with Crippen LogP contribution in [0.15, 0.2) is 12.5 Å². The van der Waals surface area contributed by atoms with Gasteiger partial charge in [-0.1, -0.05) is 22.9 Å². The molecule has 0 aromatic carbocycles. The number of halogens is 1. The van der Waals surface area contributed by atoms with Crippen molar-refractivity contribution in [2.75, 3.05) is 5.33 Å². The summed E-state index contributed by atoms with van der Waals surface area (Å²) in [5.41, 5.74) is 0. The summed E-state index contributed by atoms with van der Waals surface area (Å²) in [6, 6.07) is 0. The summed E-state index contributed by atoms with van der Waals surface area (Å²) < 4.78 is 10.9. The molecule has 2 nitrogen and oxygen atoms in total. The smallest absolute Gasteiger partial charge is 0.249 e. The number of alkyl halides is 1. The molecule has 0 fully saturated rings. The molecular weight excluding hydrogens is 220 g/mol. The molecule has 1 aliphatic rings. The Morgan fingerprint density at radius 1 is 1.25 bits per heavy atom. The molecule has 0 N–H and O–H groups in total. The Bertz CT molecular complexity index is 149. The average Bonchev–Trinajstić information content (AvgIpc) is 2.51. The minimum Gasteiger partial charge on any atom is -0.457 e. The van der Waals surface area contributed by atoms with Gasteiger partial charge >= 0.3 is 0 Å². The van der Waals surface area contributed by atoms with Gasteiger partial charge in [-0.3, -0.25) is 0 Å². The fourth-order valence-corrected chi connectivity index (χ4v) is 1.69. The van der Waals surface area contributed by atoms with Crippen molar-refractivity contribution in [2.24, 2.45) is 0 Å². The molecule has 0 aromatic heterocycles. The van der Waals surface area contributed by atoms with Gasteiger partial charge in [0, 0.05) is 18.2 Å². The Kier molecular flexibility index (Phi) is 3.92. The summed E-state index contributed by atoms with van der Waals surface area (Å²) in [7, 11) is 0. The van der Waals surface area contributed by atoms with E-state index < -0.39 is 0 Å². The van der Waals surface area contributed by atoms with Gasteiger partial charge in [-0.05, 0) is 12.8 Å². The third kappa shape index (κ3) is 2.41. The lowest BCUT2D eigenvalue weighted by atomic mass is 10.1. The summed E-state index contributed by atoms with van der Waals surface area (Å²) in [5, 5.41) is 1.01. The van der Waals surface area contributed by atoms with Crippen LogP contribution in [0, 0.1) is 0 Å². The topological polar surface area (TPSA) is 18.5 Å². The molecule has 1 rings (SSSR count). The second kappa shape index (κ2) is 4.75. The van der Waals surface area contributed by atoms with E-state index in [2.05, 4.69) is 22.9 Å². The second-order valence-corrected chi connectivity index (χ2v) is 3.75. The van der Waals surface area contributed by atoms with Crippen LogP contribution in [0.3, 0.4) is 0 Å². The molecule has 3 heteroatoms. The van der Waals surface area contributed by atoms with E-state index in [0.29, 0.717) is 0 Å². The van der Waals surface area contributed by atoms with Crippen LogP contribution in [-0.4, -0.2) is 11.1 Å². The third-order valence-electron chi connectivity index (χ3n) is 1.94. The van der Waals surface area contributed by atoms with E-state index >= 15 is 0 Å². The van der Waals surface area contributed by atoms with E-state index in [9.17, 15) is 0 Å². The van der Waals surface area contributed by atoms with Crippen molar-refractivity contribution >= 4 is 15.9 Å². The first-order chi connectivity index (χ1) is 5.83. The van der Waals surface area contributed by atoms with Crippen molar-refractivity contribution in [2.45, 2.75) is 38.4 Å². The van der Waals surface area contributed by atoms with E-state index in [1.165, 1.54) is 0 Å². The summed E-state index contributed by atoms with van der Waals surface area (Å²) in [5.74, 6) is -0.345. The van der Waals surface area contributed by atoms with Crippen molar-refractivity contribution < 1.29 is 9.47 Å². The van der Waals surface area contributed by atoms with Crippen LogP contribution in [0.25, 0.3) is 0 Å². The normalized spacial score (nSPS) is 18.8. The van der Waals surface area contributed by atoms with Gasteiger partial charge in [0.1, 0.15) is 12.5 Å². The molecule has 0 saturated heterocycles. The van der Waals surface area contributed by atoms with Crippen LogP contribution in [-0.2, 0) is 9.47 Å². The molecule has 0 radical (unpaired) electrons. The largest absolute Gasteiger partial charge is 0.457 e. The lowest BCUT2D eigenvalue weighted by Crippen LogP contribution is -2.29. The van der Waals surface area contributed by atoms with Gasteiger partial charge in [-0.15, -0.1) is 0 Å². The van der Waals surface area contributed by atoms with Crippen LogP contribution >= 0.6 is 15.9 Å². The highest BCUT2D eigenvalue weighted by Crippen LogP contribution is 2.30. The lowest BCUT2D eigenvalue weighted by molar-refractivity contribution is -0.151. The minimum atomic E-state index is -0.345. The average molecular weight is 235 g/mol. The maximum Gasteiger partial charge on any atom is 0.249 e. The van der Waals surface area contributed by atoms with Crippen molar-refractivity contribution in [3.63, 3.8) is 0 Å². The molecule has 0 saturated carbocycles. The maximum absolute atomic E-state index is 5.46. The predicted octanol–water partition coefficient (Wildman–Crippen LogP) is 3.18. The molecule has 0 atom stereocenters. The molecule has 1 heterocycles. The van der Waals surface area contributed by atoms with Crippen LogP contribution in [0.2, 0.25) is 0 Å². The zero-order valence-corrected chi connectivity index (χ0v) is 8.97. The van der Waals surface area contributed by atoms with Crippen LogP contribution in [0.4, 0.5) is 0 Å². The quantitative estimate of drug-likeness (QED) is 0.681. The monoisotopic (exact) mass is 234 g/mol. The Morgan fingerprint density at radius 3 is 2.42 bits per heavy atom. The minimum absolute atomic E-state index is 0.345. The second-order valence-electron chi connectivity index (χ2n) is 2.96. The van der Waals surface area contributed by atoms with Gasteiger partial charge in [0.2, 0.25) is 5.79 Å². The third-order valence-corrected chi connectivity index (χ3v) is 2.50. The Labute approximate surface area is 82.1 Å². The molecule has 1 aliphatic heterocycles. The van der Waals surface area contributed by atoms with Crippen molar-refractivity contribution in [3.05, 3.63) is 12.5 Å². The van der Waals surface area contributed by atoms with Crippen molar-refractivity contribution in [3.8, 4) is 0 Å². The van der Waals surface area contributed by atoms with Gasteiger partial charge in [-0.25, -0.2) is 0 Å². The molecular formula is C9H15BrO2. The Hall–Kier alpha value is -0.180. The number of hydrogen-bond donors (Lipinski definition) is 0. The molecule has 12 heavy (non-hydrogen) atoms. The van der Waals surface area contributed by atoms with E-state index in [0.717, 1.165) is 31.0 Å². The lowest BCUT2D eigenvalue weighted by Gasteiger charge is -2.26. The van der Waals surface area contributed by atoms with Gasteiger partial charge in [0.25, 0.3) is 0 Å². The van der Waals surface area contributed by atoms with Crippen LogP contribution < -0.4 is 0 Å². The first-order valence-electron chi connectivity index (χ1n) is 4.39. The first-order valence-corrected chi connectivity index (χ1v) is 5.52. The van der Waals surface area contributed by atoms with Crippen molar-refractivity contribution in [1.29, 1.82) is 0 Å². The van der Waals surface area contributed by atoms with E-state index in [1.54, 1.807) is 12.5 Å². The summed E-state index contributed by atoms with van der Waals surface area (Å²) in [6.07, 6.45) is 7.38. The molecule has 0 aromatic rings. The van der Waals surface area contributed by atoms with Gasteiger partial charge in [0.05, 0.1) is 0 Å². The molecule has 70 valence electrons. The number of ether oxygens (including phenoxy) is 2. The zero-order chi connectivity index (χ0) is 8.86. The van der Waals surface area contributed by atoms with E-state index in [1.807, 2.05) is 0 Å². The highest BCUT2D eigenvalue weighted by atomic mass is 79.9. The zero-order valence-electron chi connectivity index (χ0n) is 7.38. The number of rotatable bonds is 5. The summed E-state index contributed by atoms with van der Waals surface area (Å²) in [4.78, 5) is 0. The Morgan fingerprint density at radius 2 is 1.92 bits per heavy atom. The summed E-state index contributed by atoms with van der Waals surface area (Å²) in [6.45, 7) is 2.14. The van der Waals surface area contributed by atoms with Crippen LogP contribution in [0.1, 0.15) is 32.6 Å². The molecule has 0 bridgehead atoms. The van der Waals surface area contributed by atoms with Crippen molar-refractivity contribution in [1.82, 2.24) is 0 Å². The Balaban J connectivity index is 2.37. The predicted molar refractivity (Wildman–Crippen MR) is 52.0 cm³/mol. The molecule has 0 spiro atoms. The molecule has 0 amide bonds. The first kappa shape index (κ1) is 9.90. The highest BCUT2D eigenvalue weighted by molar-refractivity contribution is 9.09. The highest BCUT2D eigenvalue weighted by Gasteiger charge is 2.33. The fourth-order valence-electron chi connectivity index (χ4n) is 1.41. The molecule has 0 unspecified atom stereocenters. The molecule has 0 aliphatic carbocycles. The standard InChI is InChI=1S/C9H15BrO2/c1-2-4-9(5-3-6-10)11-7-8-12-9/h7-8H,2-6H2,1H3. The summed E-state index contributed by atoms with van der Waals surface area (Å²) >= 11 is 3.40. The van der Waals surface area contributed by atoms with E-state index in [-0.39, 0.29) is 5.79 Å². The number of hydrogen-bond acceptors (Lipinski definition) is 2. The SMILES string of the molecule is CCCC1(CCCBr)OC=CO1. The maximum atomic E-state index is 5.46. The van der Waals surface area contributed by atoms with Gasteiger partial charge < -0.3 is 9.47 Å². The fraction of sp³-hybridized carbons (Fsp3) is 0.778. The van der Waals surface area contributed by atoms with E-state index in [4.69, 9.17) is 9.47 Å². The van der Waals surface area contributed by atoms with Crippen LogP contribution in [0.5, 0.6) is 0 Å². The van der Waals surface area contributed by atoms with Gasteiger partial charge in [0.15, 0.2) is 0 Å². The van der Waals surface area contributed by atoms with Gasteiger partial charge in [-0.2, -0.15) is 0 Å².